The SMILES string of the molecule is O=C(/C=C/c1ccccc1F)N1CCSC1c1cccc(Cl)c1. The third kappa shape index (κ3) is 3.77. The summed E-state index contributed by atoms with van der Waals surface area (Å²) in [7, 11) is 0. The van der Waals surface area contributed by atoms with Crippen LogP contribution in [0.1, 0.15) is 16.5 Å². The zero-order valence-electron chi connectivity index (χ0n) is 12.3. The summed E-state index contributed by atoms with van der Waals surface area (Å²) >= 11 is 7.74. The summed E-state index contributed by atoms with van der Waals surface area (Å²) in [5.74, 6) is 0.415. The predicted molar refractivity (Wildman–Crippen MR) is 93.8 cm³/mol. The van der Waals surface area contributed by atoms with Crippen molar-refractivity contribution in [1.82, 2.24) is 4.90 Å². The Labute approximate surface area is 143 Å². The van der Waals surface area contributed by atoms with Gasteiger partial charge < -0.3 is 4.90 Å². The van der Waals surface area contributed by atoms with Crippen LogP contribution >= 0.6 is 23.4 Å². The molecule has 118 valence electrons. The molecular weight excluding hydrogens is 333 g/mol. The molecule has 5 heteroatoms. The van der Waals surface area contributed by atoms with Crippen molar-refractivity contribution in [3.8, 4) is 0 Å². The molecule has 1 aliphatic rings. The number of thioether (sulfide) groups is 1. The fourth-order valence-electron chi connectivity index (χ4n) is 2.50. The molecular formula is C18H15ClFNOS. The van der Waals surface area contributed by atoms with E-state index < -0.39 is 0 Å². The van der Waals surface area contributed by atoms with Gasteiger partial charge in [-0.15, -0.1) is 11.8 Å². The first-order valence-electron chi connectivity index (χ1n) is 7.25. The van der Waals surface area contributed by atoms with Gasteiger partial charge in [-0.3, -0.25) is 4.79 Å². The molecule has 1 fully saturated rings. The van der Waals surface area contributed by atoms with Gasteiger partial charge in [0.1, 0.15) is 11.2 Å². The highest BCUT2D eigenvalue weighted by molar-refractivity contribution is 7.99. The number of hydrogen-bond acceptors (Lipinski definition) is 2. The fourth-order valence-corrected chi connectivity index (χ4v) is 3.95. The van der Waals surface area contributed by atoms with Crippen LogP contribution in [-0.2, 0) is 4.79 Å². The highest BCUT2D eigenvalue weighted by atomic mass is 35.5. The number of halogens is 2. The molecule has 2 aromatic carbocycles. The molecule has 1 aliphatic heterocycles. The minimum atomic E-state index is -0.335. The van der Waals surface area contributed by atoms with Crippen LogP contribution in [0.15, 0.2) is 54.6 Å². The van der Waals surface area contributed by atoms with E-state index in [-0.39, 0.29) is 17.1 Å². The van der Waals surface area contributed by atoms with E-state index in [2.05, 4.69) is 0 Å². The Morgan fingerprint density at radius 2 is 2.09 bits per heavy atom. The highest BCUT2D eigenvalue weighted by Gasteiger charge is 2.29. The summed E-state index contributed by atoms with van der Waals surface area (Å²) in [4.78, 5) is 14.3. The van der Waals surface area contributed by atoms with Crippen molar-refractivity contribution in [2.24, 2.45) is 0 Å². The second-order valence-corrected chi connectivity index (χ2v) is 6.79. The van der Waals surface area contributed by atoms with E-state index in [9.17, 15) is 9.18 Å². The van der Waals surface area contributed by atoms with Gasteiger partial charge in [0, 0.05) is 29.0 Å². The highest BCUT2D eigenvalue weighted by Crippen LogP contribution is 2.38. The zero-order valence-corrected chi connectivity index (χ0v) is 13.9. The molecule has 0 aliphatic carbocycles. The number of benzene rings is 2. The van der Waals surface area contributed by atoms with Crippen molar-refractivity contribution < 1.29 is 9.18 Å². The van der Waals surface area contributed by atoms with E-state index in [0.717, 1.165) is 11.3 Å². The lowest BCUT2D eigenvalue weighted by Gasteiger charge is -2.23. The van der Waals surface area contributed by atoms with Crippen LogP contribution in [0.5, 0.6) is 0 Å². The average molecular weight is 348 g/mol. The lowest BCUT2D eigenvalue weighted by molar-refractivity contribution is -0.126. The van der Waals surface area contributed by atoms with Crippen molar-refractivity contribution in [2.75, 3.05) is 12.3 Å². The smallest absolute Gasteiger partial charge is 0.247 e. The van der Waals surface area contributed by atoms with E-state index in [1.165, 1.54) is 18.2 Å². The number of carbonyl (C=O) groups excluding carboxylic acids is 1. The number of nitrogens with zero attached hydrogens (tertiary/aromatic N) is 1. The maximum Gasteiger partial charge on any atom is 0.247 e. The quantitative estimate of drug-likeness (QED) is 0.746. The van der Waals surface area contributed by atoms with Crippen LogP contribution in [0.25, 0.3) is 6.08 Å². The third-order valence-corrected chi connectivity index (χ3v) is 5.11. The first-order valence-corrected chi connectivity index (χ1v) is 8.68. The summed E-state index contributed by atoms with van der Waals surface area (Å²) in [6.45, 7) is 0.669. The Morgan fingerprint density at radius 3 is 2.87 bits per heavy atom. The van der Waals surface area contributed by atoms with Crippen LogP contribution < -0.4 is 0 Å². The van der Waals surface area contributed by atoms with Crippen molar-refractivity contribution in [3.63, 3.8) is 0 Å². The molecule has 0 aromatic heterocycles. The van der Waals surface area contributed by atoms with Gasteiger partial charge in [0.05, 0.1) is 0 Å². The predicted octanol–water partition coefficient (Wildman–Crippen LogP) is 4.77. The number of hydrogen-bond donors (Lipinski definition) is 0. The number of carbonyl (C=O) groups is 1. The Morgan fingerprint density at radius 1 is 1.26 bits per heavy atom. The van der Waals surface area contributed by atoms with E-state index in [4.69, 9.17) is 11.6 Å². The molecule has 3 rings (SSSR count). The Bertz CT molecular complexity index is 749. The van der Waals surface area contributed by atoms with Gasteiger partial charge in [0.15, 0.2) is 0 Å². The maximum atomic E-state index is 13.6. The monoisotopic (exact) mass is 347 g/mol. The second kappa shape index (κ2) is 7.20. The van der Waals surface area contributed by atoms with Gasteiger partial charge in [-0.25, -0.2) is 4.39 Å². The lowest BCUT2D eigenvalue weighted by Crippen LogP contribution is -2.28. The summed E-state index contributed by atoms with van der Waals surface area (Å²) in [6, 6.07) is 13.9. The Balaban J connectivity index is 1.77. The molecule has 1 atom stereocenters. The van der Waals surface area contributed by atoms with Gasteiger partial charge in [-0.05, 0) is 29.8 Å². The first-order chi connectivity index (χ1) is 11.1. The van der Waals surface area contributed by atoms with Crippen LogP contribution in [0, 0.1) is 5.82 Å². The molecule has 1 saturated heterocycles. The molecule has 0 bridgehead atoms. The van der Waals surface area contributed by atoms with E-state index in [1.54, 1.807) is 34.9 Å². The summed E-state index contributed by atoms with van der Waals surface area (Å²) in [5, 5.41) is 0.607. The van der Waals surface area contributed by atoms with Crippen molar-refractivity contribution >= 4 is 35.3 Å². The Kier molecular flexibility index (Phi) is 5.03. The van der Waals surface area contributed by atoms with Gasteiger partial charge in [-0.2, -0.15) is 0 Å². The molecule has 1 heterocycles. The van der Waals surface area contributed by atoms with E-state index >= 15 is 0 Å². The maximum absolute atomic E-state index is 13.6. The summed E-state index contributed by atoms with van der Waals surface area (Å²) in [5.41, 5.74) is 1.42. The molecule has 2 aromatic rings. The first kappa shape index (κ1) is 16.1. The third-order valence-electron chi connectivity index (χ3n) is 3.62. The second-order valence-electron chi connectivity index (χ2n) is 5.16. The molecule has 0 saturated carbocycles. The normalized spacial score (nSPS) is 17.8. The molecule has 0 N–H and O–H groups in total. The molecule has 23 heavy (non-hydrogen) atoms. The average Bonchev–Trinajstić information content (AvgIpc) is 3.03. The molecule has 0 spiro atoms. The van der Waals surface area contributed by atoms with Crippen molar-refractivity contribution in [2.45, 2.75) is 5.37 Å². The standard InChI is InChI=1S/C18H15ClFNOS/c19-15-6-3-5-14(12-15)18-21(10-11-23-18)17(22)9-8-13-4-1-2-7-16(13)20/h1-9,12,18H,10-11H2/b9-8+. The van der Waals surface area contributed by atoms with E-state index in [1.807, 2.05) is 24.3 Å². The summed E-state index contributed by atoms with van der Waals surface area (Å²) < 4.78 is 13.6. The van der Waals surface area contributed by atoms with Gasteiger partial charge in [-0.1, -0.05) is 41.9 Å². The summed E-state index contributed by atoms with van der Waals surface area (Å²) in [6.07, 6.45) is 2.96. The molecule has 1 amide bonds. The van der Waals surface area contributed by atoms with Crippen LogP contribution in [0.3, 0.4) is 0 Å². The van der Waals surface area contributed by atoms with Gasteiger partial charge >= 0.3 is 0 Å². The van der Waals surface area contributed by atoms with E-state index in [0.29, 0.717) is 17.1 Å². The van der Waals surface area contributed by atoms with Gasteiger partial charge in [0.2, 0.25) is 5.91 Å². The van der Waals surface area contributed by atoms with Crippen molar-refractivity contribution in [1.29, 1.82) is 0 Å². The largest absolute Gasteiger partial charge is 0.322 e. The van der Waals surface area contributed by atoms with Crippen LogP contribution in [-0.4, -0.2) is 23.1 Å². The minimum Gasteiger partial charge on any atom is -0.322 e. The molecule has 0 radical (unpaired) electrons. The van der Waals surface area contributed by atoms with Gasteiger partial charge in [0.25, 0.3) is 0 Å². The number of rotatable bonds is 3. The Hall–Kier alpha value is -1.78. The number of amides is 1. The fraction of sp³-hybridized carbons (Fsp3) is 0.167. The topological polar surface area (TPSA) is 20.3 Å². The van der Waals surface area contributed by atoms with Crippen LogP contribution in [0.4, 0.5) is 4.39 Å². The molecule has 1 unspecified atom stereocenters. The lowest BCUT2D eigenvalue weighted by atomic mass is 10.2. The van der Waals surface area contributed by atoms with Crippen LogP contribution in [0.2, 0.25) is 5.02 Å². The molecule has 2 nitrogen and oxygen atoms in total. The zero-order chi connectivity index (χ0) is 16.2. The minimum absolute atomic E-state index is 0.0496. The van der Waals surface area contributed by atoms with Crippen molar-refractivity contribution in [3.05, 3.63) is 76.6 Å².